The average molecular weight is 490 g/mol. The molecule has 2 heterocycles. The second-order valence-corrected chi connectivity index (χ2v) is 10.2. The molecule has 2 saturated heterocycles. The number of rotatable bonds is 1. The minimum atomic E-state index is -5.05. The Morgan fingerprint density at radius 1 is 0.971 bits per heavy atom. The number of carbonyl (C=O) groups excluding carboxylic acids is 2. The Morgan fingerprint density at radius 3 is 2.18 bits per heavy atom. The number of aliphatic hydroxyl groups is 1. The summed E-state index contributed by atoms with van der Waals surface area (Å²) in [6, 6.07) is 0.511. The van der Waals surface area contributed by atoms with E-state index in [-0.39, 0.29) is 44.0 Å². The van der Waals surface area contributed by atoms with Crippen LogP contribution >= 0.6 is 0 Å². The Bertz CT molecular complexity index is 1040. The highest BCUT2D eigenvalue weighted by molar-refractivity contribution is 6.02. The topological polar surface area (TPSA) is 60.9 Å². The molecule has 4 atom stereocenters. The molecule has 1 spiro atoms. The maximum atomic E-state index is 13.6. The smallest absolute Gasteiger partial charge is 0.389 e. The number of hydrogen-bond acceptors (Lipinski definition) is 4. The molecule has 4 fully saturated rings. The van der Waals surface area contributed by atoms with Crippen molar-refractivity contribution in [1.82, 2.24) is 4.90 Å². The number of nitrogens with zero attached hydrogens (tertiary/aromatic N) is 2. The van der Waals surface area contributed by atoms with Crippen LogP contribution in [0.15, 0.2) is 18.2 Å². The van der Waals surface area contributed by atoms with E-state index in [4.69, 9.17) is 0 Å². The minimum Gasteiger partial charge on any atom is -0.389 e. The molecule has 5 rings (SSSR count). The molecule has 4 aliphatic rings. The summed E-state index contributed by atoms with van der Waals surface area (Å²) in [4.78, 5) is 29.0. The number of carbonyl (C=O) groups is 2. The Labute approximate surface area is 191 Å². The molecule has 1 amide bonds. The fraction of sp³-hybridized carbons (Fsp3) is 0.652. The summed E-state index contributed by atoms with van der Waals surface area (Å²) < 4.78 is 81.3. The molecular weight excluding hydrogens is 466 g/mol. The standard InChI is InChI=1S/C23H24F6N2O3/c1-19-6-7-21(12-20(19,34)5-4-17(19)32)30-8-2-3-16(30)18(33)31(21)15-10-13(22(24,25)26)9-14(11-15)23(27,28)29/h9-11,16,34H,2-8,12H2,1H3/t16-,19-,20+,21?/m1/s1. The van der Waals surface area contributed by atoms with Crippen molar-refractivity contribution >= 4 is 17.4 Å². The summed E-state index contributed by atoms with van der Waals surface area (Å²) in [7, 11) is 0. The highest BCUT2D eigenvalue weighted by Gasteiger charge is 2.69. The lowest BCUT2D eigenvalue weighted by molar-refractivity contribution is -0.153. The maximum Gasteiger partial charge on any atom is 0.416 e. The molecule has 2 aliphatic carbocycles. The predicted octanol–water partition coefficient (Wildman–Crippen LogP) is 4.52. The van der Waals surface area contributed by atoms with Gasteiger partial charge in [0.05, 0.1) is 28.2 Å². The zero-order valence-electron chi connectivity index (χ0n) is 18.4. The quantitative estimate of drug-likeness (QED) is 0.589. The fourth-order valence-electron chi connectivity index (χ4n) is 6.67. The molecule has 1 aromatic carbocycles. The SMILES string of the molecule is C[C@]12CCC3(C[C@@]1(O)CCC2=O)N(c1cc(C(F)(F)F)cc(C(F)(F)F)c1)C(=O)[C@H]1CCCN13. The molecule has 34 heavy (non-hydrogen) atoms. The first-order chi connectivity index (χ1) is 15.6. The van der Waals surface area contributed by atoms with Crippen LogP contribution < -0.4 is 4.90 Å². The molecule has 0 bridgehead atoms. The number of amides is 1. The van der Waals surface area contributed by atoms with E-state index in [1.165, 1.54) is 0 Å². The number of Topliss-reactive ketones (excluding diaryl/α,β-unsaturated/α-hetero) is 1. The molecule has 1 unspecified atom stereocenters. The molecule has 0 aromatic heterocycles. The molecule has 186 valence electrons. The average Bonchev–Trinajstić information content (AvgIpc) is 3.37. The third kappa shape index (κ3) is 3.08. The van der Waals surface area contributed by atoms with Crippen LogP contribution in [0.1, 0.15) is 63.0 Å². The van der Waals surface area contributed by atoms with Crippen molar-refractivity contribution < 1.29 is 41.0 Å². The highest BCUT2D eigenvalue weighted by atomic mass is 19.4. The van der Waals surface area contributed by atoms with Gasteiger partial charge >= 0.3 is 12.4 Å². The number of fused-ring (bicyclic) bond motifs is 3. The van der Waals surface area contributed by atoms with Gasteiger partial charge in [-0.05, 0) is 57.2 Å². The van der Waals surface area contributed by atoms with Gasteiger partial charge in [-0.3, -0.25) is 19.4 Å². The number of ketones is 1. The number of hydrogen-bond donors (Lipinski definition) is 1. The Morgan fingerprint density at radius 2 is 1.59 bits per heavy atom. The van der Waals surface area contributed by atoms with Crippen molar-refractivity contribution in [2.75, 3.05) is 11.4 Å². The monoisotopic (exact) mass is 490 g/mol. The van der Waals surface area contributed by atoms with Gasteiger partial charge < -0.3 is 5.11 Å². The van der Waals surface area contributed by atoms with Crippen LogP contribution in [0.4, 0.5) is 32.0 Å². The number of halogens is 6. The molecule has 0 radical (unpaired) electrons. The summed E-state index contributed by atoms with van der Waals surface area (Å²) in [5.74, 6) is -0.682. The maximum absolute atomic E-state index is 13.6. The minimum absolute atomic E-state index is 0.0406. The third-order valence-corrected chi connectivity index (χ3v) is 8.55. The highest BCUT2D eigenvalue weighted by Crippen LogP contribution is 2.60. The van der Waals surface area contributed by atoms with Crippen molar-refractivity contribution in [1.29, 1.82) is 0 Å². The van der Waals surface area contributed by atoms with E-state index in [1.54, 1.807) is 6.92 Å². The summed E-state index contributed by atoms with van der Waals surface area (Å²) in [6.45, 7) is 2.09. The fourth-order valence-corrected chi connectivity index (χ4v) is 6.67. The predicted molar refractivity (Wildman–Crippen MR) is 108 cm³/mol. The van der Waals surface area contributed by atoms with Crippen LogP contribution in [0.3, 0.4) is 0 Å². The largest absolute Gasteiger partial charge is 0.416 e. The molecule has 1 N–H and O–H groups in total. The lowest BCUT2D eigenvalue weighted by Gasteiger charge is -2.55. The molecule has 1 aromatic rings. The van der Waals surface area contributed by atoms with Crippen LogP contribution in [0, 0.1) is 5.41 Å². The van der Waals surface area contributed by atoms with E-state index in [1.807, 2.05) is 4.90 Å². The van der Waals surface area contributed by atoms with Gasteiger partial charge in [0.2, 0.25) is 5.91 Å². The van der Waals surface area contributed by atoms with E-state index >= 15 is 0 Å². The van der Waals surface area contributed by atoms with Gasteiger partial charge in [0, 0.05) is 25.1 Å². The summed E-state index contributed by atoms with van der Waals surface area (Å²) in [6.07, 6.45) is -8.51. The first-order valence-electron chi connectivity index (χ1n) is 11.3. The Balaban J connectivity index is 1.68. The zero-order valence-corrected chi connectivity index (χ0v) is 18.4. The van der Waals surface area contributed by atoms with Gasteiger partial charge in [0.15, 0.2) is 0 Å². The van der Waals surface area contributed by atoms with Gasteiger partial charge in [-0.1, -0.05) is 0 Å². The zero-order chi connectivity index (χ0) is 24.9. The molecule has 2 saturated carbocycles. The van der Waals surface area contributed by atoms with E-state index in [2.05, 4.69) is 0 Å². The van der Waals surface area contributed by atoms with Crippen LogP contribution in [-0.2, 0) is 21.9 Å². The van der Waals surface area contributed by atoms with Crippen molar-refractivity contribution in [2.45, 2.75) is 81.5 Å². The molecule has 2 aliphatic heterocycles. The third-order valence-electron chi connectivity index (χ3n) is 8.55. The van der Waals surface area contributed by atoms with Crippen LogP contribution in [0.5, 0.6) is 0 Å². The molecular formula is C23H24F6N2O3. The lowest BCUT2D eigenvalue weighted by Crippen LogP contribution is -2.65. The van der Waals surface area contributed by atoms with E-state index in [0.29, 0.717) is 31.5 Å². The Kier molecular flexibility index (Phi) is 4.83. The van der Waals surface area contributed by atoms with Gasteiger partial charge in [0.1, 0.15) is 11.4 Å². The summed E-state index contributed by atoms with van der Waals surface area (Å²) >= 11 is 0. The normalized spacial score (nSPS) is 36.5. The van der Waals surface area contributed by atoms with E-state index < -0.39 is 57.8 Å². The number of alkyl halides is 6. The van der Waals surface area contributed by atoms with Crippen molar-refractivity contribution in [2.24, 2.45) is 5.41 Å². The van der Waals surface area contributed by atoms with Gasteiger partial charge in [0.25, 0.3) is 0 Å². The lowest BCUT2D eigenvalue weighted by atomic mass is 9.62. The van der Waals surface area contributed by atoms with Gasteiger partial charge in [-0.2, -0.15) is 26.3 Å². The summed E-state index contributed by atoms with van der Waals surface area (Å²) in [5, 5.41) is 11.6. The van der Waals surface area contributed by atoms with Crippen molar-refractivity contribution in [3.63, 3.8) is 0 Å². The summed E-state index contributed by atoms with van der Waals surface area (Å²) in [5.41, 5.74) is -7.35. The first kappa shape index (κ1) is 23.6. The van der Waals surface area contributed by atoms with Crippen LogP contribution in [0.25, 0.3) is 0 Å². The molecule has 5 nitrogen and oxygen atoms in total. The number of benzene rings is 1. The van der Waals surface area contributed by atoms with Gasteiger partial charge in [-0.25, -0.2) is 0 Å². The van der Waals surface area contributed by atoms with Crippen molar-refractivity contribution in [3.05, 3.63) is 29.3 Å². The van der Waals surface area contributed by atoms with E-state index in [0.717, 1.165) is 4.90 Å². The van der Waals surface area contributed by atoms with Gasteiger partial charge in [-0.15, -0.1) is 0 Å². The van der Waals surface area contributed by atoms with Crippen LogP contribution in [-0.4, -0.2) is 45.5 Å². The number of anilines is 1. The second kappa shape index (κ2) is 6.96. The van der Waals surface area contributed by atoms with Crippen molar-refractivity contribution in [3.8, 4) is 0 Å². The Hall–Kier alpha value is -2.14. The van der Waals surface area contributed by atoms with E-state index in [9.17, 15) is 41.0 Å². The van der Waals surface area contributed by atoms with Crippen LogP contribution in [0.2, 0.25) is 0 Å². The molecule has 11 heteroatoms. The first-order valence-corrected chi connectivity index (χ1v) is 11.3. The second-order valence-electron chi connectivity index (χ2n) is 10.2.